The van der Waals surface area contributed by atoms with Gasteiger partial charge in [-0.15, -0.1) is 0 Å². The fraction of sp³-hybridized carbons (Fsp3) is 0.278. The number of aryl methyl sites for hydroxylation is 2. The molecule has 6 heteroatoms. The Labute approximate surface area is 141 Å². The van der Waals surface area contributed by atoms with Gasteiger partial charge >= 0.3 is 0 Å². The molecule has 0 aliphatic heterocycles. The third-order valence-electron chi connectivity index (χ3n) is 3.75. The molecule has 0 unspecified atom stereocenters. The Kier molecular flexibility index (Phi) is 4.86. The minimum absolute atomic E-state index is 0.487. The van der Waals surface area contributed by atoms with Crippen LogP contribution in [0.25, 0.3) is 0 Å². The van der Waals surface area contributed by atoms with E-state index in [1.165, 1.54) is 5.56 Å². The third kappa shape index (κ3) is 3.97. The molecule has 1 aromatic carbocycles. The van der Waals surface area contributed by atoms with Gasteiger partial charge in [0.05, 0.1) is 11.9 Å². The van der Waals surface area contributed by atoms with Crippen molar-refractivity contribution in [1.29, 1.82) is 0 Å². The Balaban J connectivity index is 1.59. The van der Waals surface area contributed by atoms with Crippen molar-refractivity contribution in [3.05, 3.63) is 65.4 Å². The number of hydrogen-bond donors (Lipinski definition) is 0. The van der Waals surface area contributed by atoms with E-state index in [1.807, 2.05) is 26.0 Å². The van der Waals surface area contributed by atoms with E-state index < -0.39 is 0 Å². The van der Waals surface area contributed by atoms with Gasteiger partial charge in [-0.2, -0.15) is 0 Å². The SMILES string of the molecule is Cc1noc(C)c1CN(C)Cc1ccc(Oc2cnccn2)cc1. The third-order valence-corrected chi connectivity index (χ3v) is 3.75. The van der Waals surface area contributed by atoms with Crippen molar-refractivity contribution >= 4 is 0 Å². The summed E-state index contributed by atoms with van der Waals surface area (Å²) in [6.45, 7) is 5.55. The molecule has 24 heavy (non-hydrogen) atoms. The van der Waals surface area contributed by atoms with E-state index >= 15 is 0 Å². The van der Waals surface area contributed by atoms with Crippen molar-refractivity contribution in [1.82, 2.24) is 20.0 Å². The summed E-state index contributed by atoms with van der Waals surface area (Å²) in [7, 11) is 2.08. The van der Waals surface area contributed by atoms with Crippen molar-refractivity contribution in [3.8, 4) is 11.6 Å². The van der Waals surface area contributed by atoms with Gasteiger partial charge in [-0.1, -0.05) is 17.3 Å². The fourth-order valence-electron chi connectivity index (χ4n) is 2.49. The van der Waals surface area contributed by atoms with Gasteiger partial charge in [0.1, 0.15) is 11.5 Å². The van der Waals surface area contributed by atoms with Crippen LogP contribution in [-0.4, -0.2) is 27.1 Å². The highest BCUT2D eigenvalue weighted by molar-refractivity contribution is 5.30. The normalized spacial score (nSPS) is 11.0. The highest BCUT2D eigenvalue weighted by Gasteiger charge is 2.11. The zero-order chi connectivity index (χ0) is 16.9. The molecule has 0 aliphatic rings. The second-order valence-corrected chi connectivity index (χ2v) is 5.76. The first-order valence-electron chi connectivity index (χ1n) is 7.75. The average molecular weight is 324 g/mol. The monoisotopic (exact) mass is 324 g/mol. The molecule has 0 spiro atoms. The first-order valence-corrected chi connectivity index (χ1v) is 7.75. The first kappa shape index (κ1) is 16.1. The predicted molar refractivity (Wildman–Crippen MR) is 89.7 cm³/mol. The Morgan fingerprint density at radius 2 is 1.88 bits per heavy atom. The van der Waals surface area contributed by atoms with Gasteiger partial charge in [0.2, 0.25) is 5.88 Å². The molecule has 0 amide bonds. The second-order valence-electron chi connectivity index (χ2n) is 5.76. The molecule has 2 aromatic heterocycles. The summed E-state index contributed by atoms with van der Waals surface area (Å²) >= 11 is 0. The molecule has 3 rings (SSSR count). The summed E-state index contributed by atoms with van der Waals surface area (Å²) < 4.78 is 10.9. The van der Waals surface area contributed by atoms with Crippen LogP contribution in [0, 0.1) is 13.8 Å². The van der Waals surface area contributed by atoms with Gasteiger partial charge < -0.3 is 9.26 Å². The first-order chi connectivity index (χ1) is 11.6. The predicted octanol–water partition coefficient (Wildman–Crippen LogP) is 3.51. The maximum Gasteiger partial charge on any atom is 0.237 e. The summed E-state index contributed by atoms with van der Waals surface area (Å²) in [5, 5.41) is 4.00. The molecule has 2 heterocycles. The Hall–Kier alpha value is -2.73. The molecule has 0 atom stereocenters. The highest BCUT2D eigenvalue weighted by Crippen LogP contribution is 2.20. The van der Waals surface area contributed by atoms with Gasteiger partial charge in [0.25, 0.3) is 0 Å². The Bertz CT molecular complexity index is 765. The summed E-state index contributed by atoms with van der Waals surface area (Å²) in [4.78, 5) is 10.3. The molecule has 6 nitrogen and oxygen atoms in total. The molecule has 124 valence electrons. The molecular formula is C18H20N4O2. The van der Waals surface area contributed by atoms with E-state index in [-0.39, 0.29) is 0 Å². The summed E-state index contributed by atoms with van der Waals surface area (Å²) in [5.74, 6) is 2.11. The molecule has 0 radical (unpaired) electrons. The minimum Gasteiger partial charge on any atom is -0.438 e. The number of benzene rings is 1. The van der Waals surface area contributed by atoms with Crippen LogP contribution in [0.3, 0.4) is 0 Å². The second kappa shape index (κ2) is 7.23. The van der Waals surface area contributed by atoms with Crippen LogP contribution in [0.4, 0.5) is 0 Å². The Morgan fingerprint density at radius 3 is 2.50 bits per heavy atom. The standard InChI is InChI=1S/C18H20N4O2/c1-13-17(14(2)24-21-13)12-22(3)11-15-4-6-16(7-5-15)23-18-10-19-8-9-20-18/h4-10H,11-12H2,1-3H3. The van der Waals surface area contributed by atoms with Crippen LogP contribution in [0.1, 0.15) is 22.6 Å². The number of hydrogen-bond acceptors (Lipinski definition) is 6. The summed E-state index contributed by atoms with van der Waals surface area (Å²) in [6, 6.07) is 7.98. The van der Waals surface area contributed by atoms with Crippen molar-refractivity contribution in [2.45, 2.75) is 26.9 Å². The van der Waals surface area contributed by atoms with E-state index in [0.717, 1.165) is 35.9 Å². The zero-order valence-electron chi connectivity index (χ0n) is 14.1. The van der Waals surface area contributed by atoms with Crippen LogP contribution in [0.2, 0.25) is 0 Å². The average Bonchev–Trinajstić information content (AvgIpc) is 2.89. The van der Waals surface area contributed by atoms with Gasteiger partial charge in [-0.05, 0) is 38.6 Å². The van der Waals surface area contributed by atoms with Gasteiger partial charge in [-0.3, -0.25) is 9.88 Å². The van der Waals surface area contributed by atoms with E-state index in [1.54, 1.807) is 18.6 Å². The number of aromatic nitrogens is 3. The van der Waals surface area contributed by atoms with Crippen molar-refractivity contribution in [2.75, 3.05) is 7.05 Å². The summed E-state index contributed by atoms with van der Waals surface area (Å²) in [6.07, 6.45) is 4.81. The number of nitrogens with zero attached hydrogens (tertiary/aromatic N) is 4. The highest BCUT2D eigenvalue weighted by atomic mass is 16.5. The van der Waals surface area contributed by atoms with Crippen molar-refractivity contribution < 1.29 is 9.26 Å². The lowest BCUT2D eigenvalue weighted by molar-refractivity contribution is 0.315. The minimum atomic E-state index is 0.487. The van der Waals surface area contributed by atoms with E-state index in [9.17, 15) is 0 Å². The van der Waals surface area contributed by atoms with Gasteiger partial charge in [0.15, 0.2) is 0 Å². The molecule has 0 N–H and O–H groups in total. The van der Waals surface area contributed by atoms with Crippen molar-refractivity contribution in [3.63, 3.8) is 0 Å². The smallest absolute Gasteiger partial charge is 0.237 e. The van der Waals surface area contributed by atoms with Gasteiger partial charge in [-0.25, -0.2) is 4.98 Å². The Morgan fingerprint density at radius 1 is 1.08 bits per heavy atom. The molecule has 3 aromatic rings. The van der Waals surface area contributed by atoms with Crippen LogP contribution >= 0.6 is 0 Å². The van der Waals surface area contributed by atoms with Crippen molar-refractivity contribution in [2.24, 2.45) is 0 Å². The molecule has 0 saturated carbocycles. The van der Waals surface area contributed by atoms with Crippen LogP contribution in [0.5, 0.6) is 11.6 Å². The largest absolute Gasteiger partial charge is 0.438 e. The van der Waals surface area contributed by atoms with Crippen LogP contribution < -0.4 is 4.74 Å². The molecule has 0 fully saturated rings. The summed E-state index contributed by atoms with van der Waals surface area (Å²) in [5.41, 5.74) is 3.31. The van der Waals surface area contributed by atoms with E-state index in [2.05, 4.69) is 39.2 Å². The van der Waals surface area contributed by atoms with Crippen LogP contribution in [-0.2, 0) is 13.1 Å². The lowest BCUT2D eigenvalue weighted by atomic mass is 10.1. The quantitative estimate of drug-likeness (QED) is 0.691. The molecule has 0 aliphatic carbocycles. The molecule has 0 bridgehead atoms. The lowest BCUT2D eigenvalue weighted by Crippen LogP contribution is -2.17. The van der Waals surface area contributed by atoms with Crippen LogP contribution in [0.15, 0.2) is 47.4 Å². The molecule has 0 saturated heterocycles. The fourth-order valence-corrected chi connectivity index (χ4v) is 2.49. The topological polar surface area (TPSA) is 64.3 Å². The zero-order valence-corrected chi connectivity index (χ0v) is 14.1. The van der Waals surface area contributed by atoms with E-state index in [0.29, 0.717) is 5.88 Å². The number of ether oxygens (including phenoxy) is 1. The van der Waals surface area contributed by atoms with E-state index in [4.69, 9.17) is 9.26 Å². The number of rotatable bonds is 6. The maximum atomic E-state index is 5.65. The van der Waals surface area contributed by atoms with Gasteiger partial charge in [0, 0.05) is 31.0 Å². The lowest BCUT2D eigenvalue weighted by Gasteiger charge is -2.16. The molecular weight excluding hydrogens is 304 g/mol. The maximum absolute atomic E-state index is 5.65.